The van der Waals surface area contributed by atoms with Gasteiger partial charge in [-0.3, -0.25) is 0 Å². The summed E-state index contributed by atoms with van der Waals surface area (Å²) in [6.07, 6.45) is 2.30. The van der Waals surface area contributed by atoms with Gasteiger partial charge < -0.3 is 5.11 Å². The van der Waals surface area contributed by atoms with Crippen LogP contribution in [0.4, 0.5) is 0 Å². The van der Waals surface area contributed by atoms with Crippen molar-refractivity contribution in [3.63, 3.8) is 0 Å². The highest BCUT2D eigenvalue weighted by atomic mass is 32.2. The Kier molecular flexibility index (Phi) is 3.18. The minimum atomic E-state index is -1.05. The van der Waals surface area contributed by atoms with Gasteiger partial charge in [0.05, 0.1) is 5.69 Å². The Morgan fingerprint density at radius 3 is 2.69 bits per heavy atom. The molecule has 0 atom stereocenters. The second-order valence-electron chi connectivity index (χ2n) is 2.25. The average molecular weight is 199 g/mol. The van der Waals surface area contributed by atoms with E-state index in [-0.39, 0.29) is 5.69 Å². The van der Waals surface area contributed by atoms with E-state index >= 15 is 0 Å². The number of hydrogen-bond donors (Lipinski definition) is 1. The summed E-state index contributed by atoms with van der Waals surface area (Å²) in [5.74, 6) is -1.05. The molecule has 0 bridgehead atoms. The Balaban J connectivity index is 3.18. The Hall–Kier alpha value is -1.17. The Bertz CT molecular complexity index is 330. The zero-order chi connectivity index (χ0) is 9.84. The fourth-order valence-corrected chi connectivity index (χ4v) is 1.13. The molecule has 70 valence electrons. The van der Waals surface area contributed by atoms with Crippen molar-refractivity contribution < 1.29 is 9.90 Å². The largest absolute Gasteiger partial charge is 0.476 e. The molecule has 0 saturated carbocycles. The number of aromatic nitrogens is 3. The number of carbonyl (C=O) groups is 1. The van der Waals surface area contributed by atoms with Crippen LogP contribution in [-0.2, 0) is 6.42 Å². The van der Waals surface area contributed by atoms with Crippen LogP contribution in [0.5, 0.6) is 0 Å². The third-order valence-electron chi connectivity index (χ3n) is 1.46. The van der Waals surface area contributed by atoms with Crippen LogP contribution in [0.3, 0.4) is 0 Å². The summed E-state index contributed by atoms with van der Waals surface area (Å²) in [6.45, 7) is 1.82. The molecule has 0 aliphatic rings. The second kappa shape index (κ2) is 4.18. The van der Waals surface area contributed by atoms with Crippen molar-refractivity contribution in [2.75, 3.05) is 6.26 Å². The number of nitrogens with zero attached hydrogens (tertiary/aromatic N) is 3. The zero-order valence-electron chi connectivity index (χ0n) is 7.31. The number of carboxylic acid groups (broad SMARTS) is 1. The van der Waals surface area contributed by atoms with Crippen LogP contribution in [0.15, 0.2) is 5.16 Å². The number of aryl methyl sites for hydroxylation is 1. The van der Waals surface area contributed by atoms with Crippen molar-refractivity contribution in [3.8, 4) is 0 Å². The molecule has 0 fully saturated rings. The molecule has 0 unspecified atom stereocenters. The molecule has 1 aromatic rings. The third kappa shape index (κ3) is 2.15. The summed E-state index contributed by atoms with van der Waals surface area (Å²) < 4.78 is 0. The summed E-state index contributed by atoms with van der Waals surface area (Å²) in [6, 6.07) is 0. The molecule has 5 nitrogen and oxygen atoms in total. The first-order valence-corrected chi connectivity index (χ1v) is 4.92. The van der Waals surface area contributed by atoms with Crippen molar-refractivity contribution in [2.24, 2.45) is 0 Å². The maximum absolute atomic E-state index is 10.7. The van der Waals surface area contributed by atoms with Gasteiger partial charge in [-0.1, -0.05) is 18.7 Å². The summed E-state index contributed by atoms with van der Waals surface area (Å²) in [4.78, 5) is 14.6. The van der Waals surface area contributed by atoms with E-state index in [1.807, 2.05) is 6.92 Å². The summed E-state index contributed by atoms with van der Waals surface area (Å²) >= 11 is 1.27. The van der Waals surface area contributed by atoms with Crippen LogP contribution >= 0.6 is 11.8 Å². The van der Waals surface area contributed by atoms with E-state index in [0.29, 0.717) is 17.3 Å². The average Bonchev–Trinajstić information content (AvgIpc) is 2.16. The van der Waals surface area contributed by atoms with E-state index < -0.39 is 5.97 Å². The van der Waals surface area contributed by atoms with Gasteiger partial charge >= 0.3 is 5.97 Å². The van der Waals surface area contributed by atoms with Crippen molar-refractivity contribution in [1.82, 2.24) is 15.2 Å². The first-order valence-electron chi connectivity index (χ1n) is 3.70. The van der Waals surface area contributed by atoms with Gasteiger partial charge in [-0.2, -0.15) is 5.10 Å². The van der Waals surface area contributed by atoms with Gasteiger partial charge in [0.2, 0.25) is 5.16 Å². The normalized spacial score (nSPS) is 10.0. The van der Waals surface area contributed by atoms with Crippen LogP contribution in [-0.4, -0.2) is 32.5 Å². The maximum Gasteiger partial charge on any atom is 0.356 e. The van der Waals surface area contributed by atoms with Crippen LogP contribution in [0, 0.1) is 0 Å². The molecule has 0 radical (unpaired) electrons. The van der Waals surface area contributed by atoms with Crippen molar-refractivity contribution >= 4 is 17.7 Å². The SMILES string of the molecule is CCc1nnc(SC)nc1C(=O)O. The predicted molar refractivity (Wildman–Crippen MR) is 47.9 cm³/mol. The fourth-order valence-electron chi connectivity index (χ4n) is 0.829. The van der Waals surface area contributed by atoms with E-state index in [2.05, 4.69) is 15.2 Å². The van der Waals surface area contributed by atoms with Gasteiger partial charge in [-0.25, -0.2) is 9.78 Å². The highest BCUT2D eigenvalue weighted by Crippen LogP contribution is 2.09. The van der Waals surface area contributed by atoms with Crippen LogP contribution in [0.2, 0.25) is 0 Å². The molecule has 1 N–H and O–H groups in total. The predicted octanol–water partition coefficient (Wildman–Crippen LogP) is 0.854. The second-order valence-corrected chi connectivity index (χ2v) is 3.03. The van der Waals surface area contributed by atoms with E-state index in [4.69, 9.17) is 5.11 Å². The zero-order valence-corrected chi connectivity index (χ0v) is 8.13. The Morgan fingerprint density at radius 2 is 2.23 bits per heavy atom. The van der Waals surface area contributed by atoms with Crippen LogP contribution in [0.25, 0.3) is 0 Å². The maximum atomic E-state index is 10.7. The molecule has 0 aliphatic heterocycles. The van der Waals surface area contributed by atoms with E-state index in [1.54, 1.807) is 6.26 Å². The topological polar surface area (TPSA) is 76.0 Å². The Morgan fingerprint density at radius 1 is 1.54 bits per heavy atom. The van der Waals surface area contributed by atoms with Gasteiger partial charge in [-0.05, 0) is 12.7 Å². The lowest BCUT2D eigenvalue weighted by Crippen LogP contribution is -2.10. The molecule has 0 aromatic carbocycles. The van der Waals surface area contributed by atoms with Gasteiger partial charge in [-0.15, -0.1) is 5.10 Å². The molecule has 0 spiro atoms. The minimum absolute atomic E-state index is 0.00171. The molecule has 6 heteroatoms. The van der Waals surface area contributed by atoms with Crippen molar-refractivity contribution in [2.45, 2.75) is 18.5 Å². The van der Waals surface area contributed by atoms with Crippen molar-refractivity contribution in [3.05, 3.63) is 11.4 Å². The van der Waals surface area contributed by atoms with Gasteiger partial charge in [0, 0.05) is 0 Å². The lowest BCUT2D eigenvalue weighted by molar-refractivity contribution is 0.0687. The smallest absolute Gasteiger partial charge is 0.356 e. The number of carboxylic acids is 1. The molecule has 0 aliphatic carbocycles. The van der Waals surface area contributed by atoms with Crippen molar-refractivity contribution in [1.29, 1.82) is 0 Å². The monoisotopic (exact) mass is 199 g/mol. The number of thioether (sulfide) groups is 1. The van der Waals surface area contributed by atoms with E-state index in [1.165, 1.54) is 11.8 Å². The van der Waals surface area contributed by atoms with E-state index in [9.17, 15) is 4.79 Å². The molecule has 0 amide bonds. The first kappa shape index (κ1) is 9.91. The molecular weight excluding hydrogens is 190 g/mol. The van der Waals surface area contributed by atoms with E-state index in [0.717, 1.165) is 0 Å². The van der Waals surface area contributed by atoms with Crippen LogP contribution in [0.1, 0.15) is 23.1 Å². The molecule has 1 heterocycles. The van der Waals surface area contributed by atoms with Crippen LogP contribution < -0.4 is 0 Å². The number of rotatable bonds is 3. The quantitative estimate of drug-likeness (QED) is 0.727. The highest BCUT2D eigenvalue weighted by molar-refractivity contribution is 7.98. The summed E-state index contributed by atoms with van der Waals surface area (Å²) in [5, 5.41) is 16.7. The third-order valence-corrected chi connectivity index (χ3v) is 2.00. The van der Waals surface area contributed by atoms with Gasteiger partial charge in [0.25, 0.3) is 0 Å². The Labute approximate surface area is 79.6 Å². The molecule has 1 rings (SSSR count). The number of aromatic carboxylic acids is 1. The first-order chi connectivity index (χ1) is 6.19. The molecule has 13 heavy (non-hydrogen) atoms. The molecular formula is C7H9N3O2S. The molecule has 1 aromatic heterocycles. The number of hydrogen-bond acceptors (Lipinski definition) is 5. The van der Waals surface area contributed by atoms with Gasteiger partial charge in [0.1, 0.15) is 0 Å². The van der Waals surface area contributed by atoms with Gasteiger partial charge in [0.15, 0.2) is 5.69 Å². The molecule has 0 saturated heterocycles. The highest BCUT2D eigenvalue weighted by Gasteiger charge is 2.13. The standard InChI is InChI=1S/C7H9N3O2S/c1-3-4-5(6(11)12)8-7(13-2)10-9-4/h3H2,1-2H3,(H,11,12). The lowest BCUT2D eigenvalue weighted by atomic mass is 10.2. The lowest BCUT2D eigenvalue weighted by Gasteiger charge is -2.00. The summed E-state index contributed by atoms with van der Waals surface area (Å²) in [7, 11) is 0. The fraction of sp³-hybridized carbons (Fsp3) is 0.429. The summed E-state index contributed by atoms with van der Waals surface area (Å²) in [5.41, 5.74) is 0.423. The minimum Gasteiger partial charge on any atom is -0.476 e.